The summed E-state index contributed by atoms with van der Waals surface area (Å²) in [5.74, 6) is -0.995. The number of carboxylic acid groups (broad SMARTS) is 1. The molecule has 6 heteroatoms. The number of nitrogens with zero attached hydrogens (tertiary/aromatic N) is 1. The van der Waals surface area contributed by atoms with Crippen LogP contribution >= 0.6 is 0 Å². The van der Waals surface area contributed by atoms with E-state index in [-0.39, 0.29) is 11.6 Å². The summed E-state index contributed by atoms with van der Waals surface area (Å²) in [5.41, 5.74) is 0.291. The van der Waals surface area contributed by atoms with E-state index in [2.05, 4.69) is 10.3 Å². The summed E-state index contributed by atoms with van der Waals surface area (Å²) >= 11 is 0. The van der Waals surface area contributed by atoms with Gasteiger partial charge in [0.25, 0.3) is 5.91 Å². The van der Waals surface area contributed by atoms with Crippen LogP contribution in [0.25, 0.3) is 0 Å². The molecule has 0 saturated carbocycles. The number of pyridine rings is 1. The minimum Gasteiger partial charge on any atom is -0.477 e. The van der Waals surface area contributed by atoms with Gasteiger partial charge in [0.05, 0.1) is 12.2 Å². The van der Waals surface area contributed by atoms with Gasteiger partial charge in [0.15, 0.2) is 0 Å². The maximum Gasteiger partial charge on any atom is 0.354 e. The summed E-state index contributed by atoms with van der Waals surface area (Å²) in [6.45, 7) is 2.04. The van der Waals surface area contributed by atoms with E-state index in [9.17, 15) is 9.59 Å². The topological polar surface area (TPSA) is 88.5 Å². The molecule has 19 heavy (non-hydrogen) atoms. The van der Waals surface area contributed by atoms with E-state index in [4.69, 9.17) is 9.84 Å². The Hall–Kier alpha value is -1.95. The molecule has 6 nitrogen and oxygen atoms in total. The van der Waals surface area contributed by atoms with Gasteiger partial charge in [0.2, 0.25) is 0 Å². The smallest absolute Gasteiger partial charge is 0.354 e. The fourth-order valence-electron chi connectivity index (χ4n) is 1.96. The van der Waals surface area contributed by atoms with Crippen LogP contribution < -0.4 is 5.32 Å². The number of aromatic nitrogens is 1. The third kappa shape index (κ3) is 3.75. The van der Waals surface area contributed by atoms with Gasteiger partial charge in [0, 0.05) is 19.3 Å². The van der Waals surface area contributed by atoms with E-state index in [1.165, 1.54) is 18.3 Å². The first kappa shape index (κ1) is 13.5. The van der Waals surface area contributed by atoms with Crippen molar-refractivity contribution in [2.75, 3.05) is 19.8 Å². The summed E-state index contributed by atoms with van der Waals surface area (Å²) in [7, 11) is 0. The molecule has 1 amide bonds. The molecule has 2 heterocycles. The Morgan fingerprint density at radius 3 is 2.89 bits per heavy atom. The average molecular weight is 264 g/mol. The third-order valence-corrected chi connectivity index (χ3v) is 3.05. The summed E-state index contributed by atoms with van der Waals surface area (Å²) in [5, 5.41) is 11.5. The van der Waals surface area contributed by atoms with E-state index in [1.807, 2.05) is 0 Å². The summed E-state index contributed by atoms with van der Waals surface area (Å²) in [4.78, 5) is 26.2. The van der Waals surface area contributed by atoms with Gasteiger partial charge in [-0.3, -0.25) is 4.79 Å². The highest BCUT2D eigenvalue weighted by atomic mass is 16.5. The molecule has 1 aliphatic heterocycles. The van der Waals surface area contributed by atoms with Crippen molar-refractivity contribution in [2.24, 2.45) is 5.92 Å². The van der Waals surface area contributed by atoms with Crippen molar-refractivity contribution in [1.29, 1.82) is 0 Å². The zero-order chi connectivity index (χ0) is 13.7. The number of amides is 1. The molecule has 2 N–H and O–H groups in total. The molecule has 0 aromatic carbocycles. The molecule has 1 aliphatic rings. The molecule has 1 atom stereocenters. The number of rotatable bonds is 4. The first-order valence-electron chi connectivity index (χ1n) is 6.22. The van der Waals surface area contributed by atoms with Crippen LogP contribution in [-0.4, -0.2) is 41.7 Å². The second-order valence-electron chi connectivity index (χ2n) is 4.53. The molecule has 0 aliphatic carbocycles. The van der Waals surface area contributed by atoms with Crippen LogP contribution in [0.5, 0.6) is 0 Å². The van der Waals surface area contributed by atoms with Gasteiger partial charge in [-0.15, -0.1) is 0 Å². The van der Waals surface area contributed by atoms with Crippen molar-refractivity contribution in [3.8, 4) is 0 Å². The molecule has 1 fully saturated rings. The normalized spacial score (nSPS) is 18.8. The van der Waals surface area contributed by atoms with E-state index in [0.717, 1.165) is 19.4 Å². The largest absolute Gasteiger partial charge is 0.477 e. The van der Waals surface area contributed by atoms with E-state index >= 15 is 0 Å². The predicted octanol–water partition coefficient (Wildman–Crippen LogP) is 0.936. The summed E-state index contributed by atoms with van der Waals surface area (Å²) in [6.07, 6.45) is 3.35. The number of hydrogen-bond donors (Lipinski definition) is 2. The van der Waals surface area contributed by atoms with Gasteiger partial charge in [0.1, 0.15) is 5.69 Å². The number of ether oxygens (including phenoxy) is 1. The molecule has 0 spiro atoms. The summed E-state index contributed by atoms with van der Waals surface area (Å²) in [6, 6.07) is 2.78. The maximum atomic E-state index is 11.8. The van der Waals surface area contributed by atoms with E-state index in [1.54, 1.807) is 0 Å². The van der Waals surface area contributed by atoms with Crippen molar-refractivity contribution in [1.82, 2.24) is 10.3 Å². The van der Waals surface area contributed by atoms with Crippen LogP contribution in [0.3, 0.4) is 0 Å². The fourth-order valence-corrected chi connectivity index (χ4v) is 1.96. The van der Waals surface area contributed by atoms with Crippen LogP contribution in [0.2, 0.25) is 0 Å². The van der Waals surface area contributed by atoms with Gasteiger partial charge < -0.3 is 15.2 Å². The highest BCUT2D eigenvalue weighted by Crippen LogP contribution is 2.12. The first-order valence-corrected chi connectivity index (χ1v) is 6.22. The summed E-state index contributed by atoms with van der Waals surface area (Å²) < 4.78 is 5.33. The van der Waals surface area contributed by atoms with Crippen LogP contribution in [0.15, 0.2) is 18.3 Å². The average Bonchev–Trinajstić information content (AvgIpc) is 2.46. The number of nitrogens with one attached hydrogen (secondary N) is 1. The van der Waals surface area contributed by atoms with Crippen LogP contribution in [0, 0.1) is 5.92 Å². The van der Waals surface area contributed by atoms with Crippen LogP contribution in [0.1, 0.15) is 33.7 Å². The molecule has 0 radical (unpaired) electrons. The van der Waals surface area contributed by atoms with E-state index in [0.29, 0.717) is 24.6 Å². The van der Waals surface area contributed by atoms with Crippen LogP contribution in [-0.2, 0) is 4.74 Å². The Balaban J connectivity index is 1.86. The zero-order valence-electron chi connectivity index (χ0n) is 10.5. The van der Waals surface area contributed by atoms with Crippen molar-refractivity contribution in [2.45, 2.75) is 12.8 Å². The van der Waals surface area contributed by atoms with Crippen molar-refractivity contribution >= 4 is 11.9 Å². The highest BCUT2D eigenvalue weighted by Gasteiger charge is 2.15. The minimum atomic E-state index is -1.11. The quantitative estimate of drug-likeness (QED) is 0.844. The molecule has 1 aromatic heterocycles. The molecular formula is C13H16N2O4. The number of aromatic carboxylic acids is 1. The molecule has 2 rings (SSSR count). The molecule has 102 valence electrons. The van der Waals surface area contributed by atoms with Crippen molar-refractivity contribution < 1.29 is 19.4 Å². The lowest BCUT2D eigenvalue weighted by molar-refractivity contribution is 0.0536. The van der Waals surface area contributed by atoms with Gasteiger partial charge >= 0.3 is 5.97 Å². The Morgan fingerprint density at radius 2 is 2.32 bits per heavy atom. The van der Waals surface area contributed by atoms with Gasteiger partial charge in [-0.25, -0.2) is 9.78 Å². The Labute approximate surface area is 110 Å². The Morgan fingerprint density at radius 1 is 1.47 bits per heavy atom. The lowest BCUT2D eigenvalue weighted by Gasteiger charge is -2.22. The van der Waals surface area contributed by atoms with Gasteiger partial charge in [-0.2, -0.15) is 0 Å². The number of hydrogen-bond acceptors (Lipinski definition) is 4. The number of carboxylic acids is 1. The number of carbonyl (C=O) groups is 2. The Bertz CT molecular complexity index is 452. The minimum absolute atomic E-state index is 0.0720. The second kappa shape index (κ2) is 6.29. The molecule has 0 bridgehead atoms. The monoisotopic (exact) mass is 264 g/mol. The fraction of sp³-hybridized carbons (Fsp3) is 0.462. The van der Waals surface area contributed by atoms with Gasteiger partial charge in [-0.1, -0.05) is 0 Å². The lowest BCUT2D eigenvalue weighted by Crippen LogP contribution is -2.33. The predicted molar refractivity (Wildman–Crippen MR) is 67.1 cm³/mol. The highest BCUT2D eigenvalue weighted by molar-refractivity contribution is 5.94. The van der Waals surface area contributed by atoms with E-state index < -0.39 is 5.97 Å². The van der Waals surface area contributed by atoms with Crippen molar-refractivity contribution in [3.05, 3.63) is 29.6 Å². The molecule has 1 saturated heterocycles. The maximum absolute atomic E-state index is 11.8. The van der Waals surface area contributed by atoms with Crippen LogP contribution in [0.4, 0.5) is 0 Å². The lowest BCUT2D eigenvalue weighted by atomic mass is 10.0. The van der Waals surface area contributed by atoms with Crippen molar-refractivity contribution in [3.63, 3.8) is 0 Å². The Kier molecular flexibility index (Phi) is 4.46. The van der Waals surface area contributed by atoms with Gasteiger partial charge in [-0.05, 0) is 30.9 Å². The third-order valence-electron chi connectivity index (χ3n) is 3.05. The molecule has 1 aromatic rings. The molecule has 1 unspecified atom stereocenters. The zero-order valence-corrected chi connectivity index (χ0v) is 10.5. The number of carbonyl (C=O) groups excluding carboxylic acids is 1. The standard InChI is InChI=1S/C13H16N2O4/c16-12(15-6-9-2-1-5-19-8-9)10-3-4-11(13(17)18)14-7-10/h3-4,7,9H,1-2,5-6,8H2,(H,15,16)(H,17,18). The SMILES string of the molecule is O=C(NCC1CCCOC1)c1ccc(C(=O)O)nc1. The molecular weight excluding hydrogens is 248 g/mol. The second-order valence-corrected chi connectivity index (χ2v) is 4.53. The first-order chi connectivity index (χ1) is 9.16.